The third-order valence-corrected chi connectivity index (χ3v) is 4.69. The zero-order chi connectivity index (χ0) is 14.9. The molecule has 2 fully saturated rings. The number of rotatable bonds is 1. The molecule has 1 unspecified atom stereocenters. The van der Waals surface area contributed by atoms with Gasteiger partial charge in [-0.05, 0) is 25.0 Å². The monoisotopic (exact) mass is 290 g/mol. The fourth-order valence-electron chi connectivity index (χ4n) is 3.43. The summed E-state index contributed by atoms with van der Waals surface area (Å²) in [6, 6.07) is 10.1. The van der Waals surface area contributed by atoms with E-state index in [2.05, 4.69) is 27.7 Å². The molecule has 2 aliphatic rings. The van der Waals surface area contributed by atoms with Gasteiger partial charge < -0.3 is 20.2 Å². The van der Waals surface area contributed by atoms with Crippen LogP contribution in [0.25, 0.3) is 0 Å². The van der Waals surface area contributed by atoms with Crippen LogP contribution in [0.3, 0.4) is 0 Å². The number of hydrogen-bond donors (Lipinski definition) is 3. The number of aliphatic hydroxyl groups excluding tert-OH is 1. The van der Waals surface area contributed by atoms with Crippen molar-refractivity contribution in [1.82, 2.24) is 15.5 Å². The maximum absolute atomic E-state index is 11.7. The smallest absolute Gasteiger partial charge is 0.317 e. The minimum absolute atomic E-state index is 0.0449. The van der Waals surface area contributed by atoms with E-state index in [4.69, 9.17) is 0 Å². The van der Waals surface area contributed by atoms with Crippen LogP contribution >= 0.6 is 0 Å². The number of nitrogens with zero attached hydrogens (tertiary/aromatic N) is 2. The number of nitrogens with one attached hydrogen (secondary N) is 2. The minimum atomic E-state index is -0.565. The molecule has 2 aliphatic heterocycles. The molecule has 1 spiro atoms. The van der Waals surface area contributed by atoms with Gasteiger partial charge in [0, 0.05) is 25.8 Å². The Morgan fingerprint density at radius 1 is 1.33 bits per heavy atom. The molecule has 0 aromatic heterocycles. The second kappa shape index (κ2) is 5.54. The quantitative estimate of drug-likeness (QED) is 0.706. The lowest BCUT2D eigenvalue weighted by Crippen LogP contribution is -2.59. The van der Waals surface area contributed by atoms with Crippen molar-refractivity contribution in [3.63, 3.8) is 0 Å². The second-order valence-corrected chi connectivity index (χ2v) is 5.67. The van der Waals surface area contributed by atoms with E-state index in [1.807, 2.05) is 18.2 Å². The van der Waals surface area contributed by atoms with Gasteiger partial charge in [-0.2, -0.15) is 0 Å². The zero-order valence-corrected chi connectivity index (χ0v) is 12.2. The highest BCUT2D eigenvalue weighted by molar-refractivity contribution is 5.74. The molecular formula is C15H22N4O2. The van der Waals surface area contributed by atoms with E-state index in [1.54, 1.807) is 11.9 Å². The number of likely N-dealkylation sites (tertiary alicyclic amines) is 1. The molecule has 3 rings (SSSR count). The number of urea groups is 1. The van der Waals surface area contributed by atoms with Gasteiger partial charge in [0.05, 0.1) is 12.2 Å². The average Bonchev–Trinajstić information content (AvgIpc) is 2.85. The Bertz CT molecular complexity index is 500. The van der Waals surface area contributed by atoms with E-state index in [0.717, 1.165) is 18.5 Å². The Morgan fingerprint density at radius 3 is 2.62 bits per heavy atom. The summed E-state index contributed by atoms with van der Waals surface area (Å²) < 4.78 is 0. The van der Waals surface area contributed by atoms with Crippen LogP contribution in [-0.4, -0.2) is 54.6 Å². The molecule has 1 aromatic carbocycles. The summed E-state index contributed by atoms with van der Waals surface area (Å²) in [6.45, 7) is 1.94. The molecule has 6 nitrogen and oxygen atoms in total. The molecule has 2 saturated heterocycles. The Labute approximate surface area is 124 Å². The van der Waals surface area contributed by atoms with Crippen molar-refractivity contribution < 1.29 is 9.90 Å². The molecule has 2 heterocycles. The Kier molecular flexibility index (Phi) is 3.73. The number of amides is 2. The SMILES string of the molecule is CNC(=O)N1CCC2(CC1)C(O)NCN2c1ccccc1. The predicted molar refractivity (Wildman–Crippen MR) is 80.9 cm³/mol. The molecule has 0 bridgehead atoms. The van der Waals surface area contributed by atoms with Crippen molar-refractivity contribution in [2.75, 3.05) is 31.7 Å². The molecule has 114 valence electrons. The lowest BCUT2D eigenvalue weighted by molar-refractivity contribution is 0.0512. The summed E-state index contributed by atoms with van der Waals surface area (Å²) in [4.78, 5) is 15.8. The molecule has 21 heavy (non-hydrogen) atoms. The first-order chi connectivity index (χ1) is 10.2. The van der Waals surface area contributed by atoms with Crippen molar-refractivity contribution in [3.8, 4) is 0 Å². The molecule has 0 saturated carbocycles. The van der Waals surface area contributed by atoms with Crippen molar-refractivity contribution >= 4 is 11.7 Å². The maximum atomic E-state index is 11.7. The standard InChI is InChI=1S/C15H22N4O2/c1-16-14(21)18-9-7-15(8-10-18)13(20)17-11-19(15)12-5-3-2-4-6-12/h2-6,13,17,20H,7-11H2,1H3,(H,16,21). The second-order valence-electron chi connectivity index (χ2n) is 5.67. The Hall–Kier alpha value is -1.79. The molecular weight excluding hydrogens is 268 g/mol. The normalized spacial score (nSPS) is 24.4. The van der Waals surface area contributed by atoms with Crippen LogP contribution in [0.5, 0.6) is 0 Å². The number of anilines is 1. The number of carbonyl (C=O) groups excluding carboxylic acids is 1. The summed E-state index contributed by atoms with van der Waals surface area (Å²) in [7, 11) is 1.65. The van der Waals surface area contributed by atoms with E-state index in [-0.39, 0.29) is 11.6 Å². The van der Waals surface area contributed by atoms with Crippen molar-refractivity contribution in [2.24, 2.45) is 0 Å². The summed E-state index contributed by atoms with van der Waals surface area (Å²) in [5.41, 5.74) is 0.779. The molecule has 0 aliphatic carbocycles. The van der Waals surface area contributed by atoms with Gasteiger partial charge in [0.1, 0.15) is 6.23 Å². The van der Waals surface area contributed by atoms with E-state index in [0.29, 0.717) is 19.8 Å². The van der Waals surface area contributed by atoms with E-state index in [9.17, 15) is 9.90 Å². The van der Waals surface area contributed by atoms with Crippen molar-refractivity contribution in [3.05, 3.63) is 30.3 Å². The maximum Gasteiger partial charge on any atom is 0.317 e. The Balaban J connectivity index is 1.80. The van der Waals surface area contributed by atoms with Gasteiger partial charge in [0.15, 0.2) is 0 Å². The number of hydrogen-bond acceptors (Lipinski definition) is 4. The minimum Gasteiger partial charge on any atom is -0.376 e. The third-order valence-electron chi connectivity index (χ3n) is 4.69. The van der Waals surface area contributed by atoms with E-state index >= 15 is 0 Å². The lowest BCUT2D eigenvalue weighted by atomic mass is 9.85. The molecule has 1 atom stereocenters. The van der Waals surface area contributed by atoms with Gasteiger partial charge in [-0.15, -0.1) is 0 Å². The van der Waals surface area contributed by atoms with Gasteiger partial charge in [-0.3, -0.25) is 5.32 Å². The summed E-state index contributed by atoms with van der Waals surface area (Å²) in [5, 5.41) is 16.3. The van der Waals surface area contributed by atoms with E-state index < -0.39 is 6.23 Å². The molecule has 6 heteroatoms. The Morgan fingerprint density at radius 2 is 2.00 bits per heavy atom. The zero-order valence-electron chi connectivity index (χ0n) is 12.2. The van der Waals surface area contributed by atoms with Gasteiger partial charge in [0.25, 0.3) is 0 Å². The number of piperidine rings is 1. The van der Waals surface area contributed by atoms with Crippen molar-refractivity contribution in [2.45, 2.75) is 24.6 Å². The number of aliphatic hydroxyl groups is 1. The highest BCUT2D eigenvalue weighted by atomic mass is 16.3. The number of benzene rings is 1. The summed E-state index contributed by atoms with van der Waals surface area (Å²) in [5.74, 6) is 0. The molecule has 1 aromatic rings. The fraction of sp³-hybridized carbons (Fsp3) is 0.533. The van der Waals surface area contributed by atoms with Gasteiger partial charge >= 0.3 is 6.03 Å². The highest BCUT2D eigenvalue weighted by Crippen LogP contribution is 2.38. The third kappa shape index (κ3) is 2.34. The summed E-state index contributed by atoms with van der Waals surface area (Å²) >= 11 is 0. The van der Waals surface area contributed by atoms with Gasteiger partial charge in [-0.1, -0.05) is 18.2 Å². The van der Waals surface area contributed by atoms with Crippen LogP contribution in [-0.2, 0) is 0 Å². The predicted octanol–water partition coefficient (Wildman–Crippen LogP) is 0.546. The fourth-order valence-corrected chi connectivity index (χ4v) is 3.43. The van der Waals surface area contributed by atoms with E-state index in [1.165, 1.54) is 0 Å². The first-order valence-corrected chi connectivity index (χ1v) is 7.38. The first kappa shape index (κ1) is 14.2. The van der Waals surface area contributed by atoms with Crippen LogP contribution in [0.1, 0.15) is 12.8 Å². The van der Waals surface area contributed by atoms with Crippen LogP contribution in [0.2, 0.25) is 0 Å². The number of para-hydroxylation sites is 1. The lowest BCUT2D eigenvalue weighted by Gasteiger charge is -2.46. The van der Waals surface area contributed by atoms with Crippen LogP contribution < -0.4 is 15.5 Å². The highest BCUT2D eigenvalue weighted by Gasteiger charge is 2.50. The van der Waals surface area contributed by atoms with Gasteiger partial charge in [0.2, 0.25) is 0 Å². The topological polar surface area (TPSA) is 67.8 Å². The van der Waals surface area contributed by atoms with Crippen molar-refractivity contribution in [1.29, 1.82) is 0 Å². The molecule has 2 amide bonds. The van der Waals surface area contributed by atoms with Crippen LogP contribution in [0, 0.1) is 0 Å². The summed E-state index contributed by atoms with van der Waals surface area (Å²) in [6.07, 6.45) is 0.942. The van der Waals surface area contributed by atoms with Crippen LogP contribution in [0.4, 0.5) is 10.5 Å². The average molecular weight is 290 g/mol. The van der Waals surface area contributed by atoms with Crippen LogP contribution in [0.15, 0.2) is 30.3 Å². The first-order valence-electron chi connectivity index (χ1n) is 7.38. The molecule has 0 radical (unpaired) electrons. The molecule has 3 N–H and O–H groups in total. The van der Waals surface area contributed by atoms with Gasteiger partial charge in [-0.25, -0.2) is 4.79 Å². The number of carbonyl (C=O) groups is 1. The largest absolute Gasteiger partial charge is 0.376 e.